The van der Waals surface area contributed by atoms with Gasteiger partial charge in [-0.2, -0.15) is 0 Å². The van der Waals surface area contributed by atoms with Crippen LogP contribution in [0, 0.1) is 5.82 Å². The van der Waals surface area contributed by atoms with Crippen LogP contribution in [-0.2, 0) is 10.0 Å². The second kappa shape index (κ2) is 4.02. The van der Waals surface area contributed by atoms with Crippen LogP contribution in [-0.4, -0.2) is 20.4 Å². The number of rotatable bonds is 3. The number of hydrogen-bond donors (Lipinski definition) is 1. The molecule has 0 bridgehead atoms. The highest BCUT2D eigenvalue weighted by molar-refractivity contribution is 7.89. The summed E-state index contributed by atoms with van der Waals surface area (Å²) in [6, 6.07) is 1.16. The summed E-state index contributed by atoms with van der Waals surface area (Å²) in [7, 11) is -2.11. The molecule has 1 aromatic heterocycles. The maximum Gasteiger partial charge on any atom is 0.218 e. The van der Waals surface area contributed by atoms with Crippen molar-refractivity contribution >= 4 is 10.0 Å². The Balaban J connectivity index is 3.07. The van der Waals surface area contributed by atoms with Gasteiger partial charge in [0.25, 0.3) is 0 Å². The van der Waals surface area contributed by atoms with Gasteiger partial charge in [0.1, 0.15) is 5.82 Å². The first-order chi connectivity index (χ1) is 6.47. The third-order valence-corrected chi connectivity index (χ3v) is 3.72. The number of pyridine rings is 1. The molecule has 1 rings (SSSR count). The molecule has 0 aliphatic carbocycles. The quantitative estimate of drug-likeness (QED) is 0.817. The molecule has 1 N–H and O–H groups in total. The van der Waals surface area contributed by atoms with E-state index in [0.717, 1.165) is 12.3 Å². The Morgan fingerprint density at radius 3 is 2.64 bits per heavy atom. The Labute approximate surface area is 82.2 Å². The van der Waals surface area contributed by atoms with Crippen molar-refractivity contribution in [1.82, 2.24) is 9.71 Å². The summed E-state index contributed by atoms with van der Waals surface area (Å²) >= 11 is 0. The summed E-state index contributed by atoms with van der Waals surface area (Å²) in [6.45, 7) is 1.47. The minimum atomic E-state index is -3.42. The molecule has 1 heterocycles. The molecule has 1 atom stereocenters. The first-order valence-electron chi connectivity index (χ1n) is 4.00. The molecule has 0 aliphatic rings. The van der Waals surface area contributed by atoms with E-state index in [-0.39, 0.29) is 0 Å². The van der Waals surface area contributed by atoms with E-state index in [9.17, 15) is 12.8 Å². The molecule has 0 fully saturated rings. The van der Waals surface area contributed by atoms with Crippen LogP contribution >= 0.6 is 0 Å². The Morgan fingerprint density at radius 2 is 2.14 bits per heavy atom. The Bertz CT molecular complexity index is 419. The van der Waals surface area contributed by atoms with Gasteiger partial charge in [-0.15, -0.1) is 0 Å². The number of nitrogens with zero attached hydrogens (tertiary/aromatic N) is 1. The Hall–Kier alpha value is -1.01. The predicted molar refractivity (Wildman–Crippen MR) is 50.6 cm³/mol. The van der Waals surface area contributed by atoms with Crippen molar-refractivity contribution in [1.29, 1.82) is 0 Å². The highest BCUT2D eigenvalue weighted by Gasteiger charge is 2.20. The smallest absolute Gasteiger partial charge is 0.218 e. The largest absolute Gasteiger partial charge is 0.261 e. The van der Waals surface area contributed by atoms with Crippen molar-refractivity contribution in [3.8, 4) is 0 Å². The van der Waals surface area contributed by atoms with E-state index in [0.29, 0.717) is 5.56 Å². The molecule has 6 heteroatoms. The maximum atomic E-state index is 12.7. The summed E-state index contributed by atoms with van der Waals surface area (Å²) in [4.78, 5) is 3.59. The van der Waals surface area contributed by atoms with Crippen LogP contribution in [0.5, 0.6) is 0 Å². The molecular formula is C8H11FN2O2S. The number of hydrogen-bond acceptors (Lipinski definition) is 3. The number of aromatic nitrogens is 1. The second-order valence-corrected chi connectivity index (χ2v) is 5.03. The molecule has 0 radical (unpaired) electrons. The summed E-state index contributed by atoms with van der Waals surface area (Å²) in [6.07, 6.45) is 2.37. The molecule has 1 unspecified atom stereocenters. The summed E-state index contributed by atoms with van der Waals surface area (Å²) < 4.78 is 37.6. The number of halogens is 1. The third kappa shape index (κ3) is 2.27. The van der Waals surface area contributed by atoms with Gasteiger partial charge in [-0.1, -0.05) is 0 Å². The topological polar surface area (TPSA) is 59.1 Å². The SMILES string of the molecule is CNS(=O)(=O)C(C)c1cncc(F)c1. The van der Waals surface area contributed by atoms with Crippen LogP contribution in [0.15, 0.2) is 18.5 Å². The Kier molecular flexibility index (Phi) is 3.17. The molecule has 0 spiro atoms. The van der Waals surface area contributed by atoms with Gasteiger partial charge in [0.15, 0.2) is 0 Å². The van der Waals surface area contributed by atoms with Gasteiger partial charge in [0, 0.05) is 6.20 Å². The van der Waals surface area contributed by atoms with E-state index in [4.69, 9.17) is 0 Å². The van der Waals surface area contributed by atoms with E-state index >= 15 is 0 Å². The van der Waals surface area contributed by atoms with Crippen LogP contribution in [0.25, 0.3) is 0 Å². The second-order valence-electron chi connectivity index (χ2n) is 2.83. The zero-order valence-electron chi connectivity index (χ0n) is 7.86. The van der Waals surface area contributed by atoms with Gasteiger partial charge in [0.05, 0.1) is 11.4 Å². The molecule has 0 saturated heterocycles. The van der Waals surface area contributed by atoms with E-state index in [1.165, 1.54) is 20.2 Å². The lowest BCUT2D eigenvalue weighted by atomic mass is 10.2. The number of sulfonamides is 1. The van der Waals surface area contributed by atoms with Crippen molar-refractivity contribution in [2.24, 2.45) is 0 Å². The average Bonchev–Trinajstić information content (AvgIpc) is 2.16. The molecule has 14 heavy (non-hydrogen) atoms. The zero-order valence-corrected chi connectivity index (χ0v) is 8.68. The molecule has 0 aromatic carbocycles. The Morgan fingerprint density at radius 1 is 1.50 bits per heavy atom. The van der Waals surface area contributed by atoms with Gasteiger partial charge in [0.2, 0.25) is 10.0 Å². The highest BCUT2D eigenvalue weighted by Crippen LogP contribution is 2.19. The summed E-state index contributed by atoms with van der Waals surface area (Å²) in [5.74, 6) is -0.541. The first-order valence-corrected chi connectivity index (χ1v) is 5.55. The van der Waals surface area contributed by atoms with Gasteiger partial charge >= 0.3 is 0 Å². The van der Waals surface area contributed by atoms with Crippen LogP contribution in [0.3, 0.4) is 0 Å². The lowest BCUT2D eigenvalue weighted by molar-refractivity contribution is 0.576. The monoisotopic (exact) mass is 218 g/mol. The zero-order chi connectivity index (χ0) is 10.8. The fraction of sp³-hybridized carbons (Fsp3) is 0.375. The van der Waals surface area contributed by atoms with E-state index in [1.807, 2.05) is 0 Å². The molecule has 0 saturated carbocycles. The fourth-order valence-corrected chi connectivity index (χ4v) is 1.85. The average molecular weight is 218 g/mol. The summed E-state index contributed by atoms with van der Waals surface area (Å²) in [5, 5.41) is -0.810. The molecule has 0 amide bonds. The number of nitrogens with one attached hydrogen (secondary N) is 1. The highest BCUT2D eigenvalue weighted by atomic mass is 32.2. The minimum absolute atomic E-state index is 0.333. The molecule has 78 valence electrons. The molecule has 4 nitrogen and oxygen atoms in total. The predicted octanol–water partition coefficient (Wildman–Crippen LogP) is 0.831. The standard InChI is InChI=1S/C8H11FN2O2S/c1-6(14(12,13)10-2)7-3-8(9)5-11-4-7/h3-6,10H,1-2H3. The van der Waals surface area contributed by atoms with Crippen molar-refractivity contribution in [3.05, 3.63) is 29.8 Å². The first kappa shape index (κ1) is 11.1. The van der Waals surface area contributed by atoms with Gasteiger partial charge in [-0.3, -0.25) is 4.98 Å². The van der Waals surface area contributed by atoms with E-state index < -0.39 is 21.1 Å². The van der Waals surface area contributed by atoms with Gasteiger partial charge < -0.3 is 0 Å². The maximum absolute atomic E-state index is 12.7. The van der Waals surface area contributed by atoms with E-state index in [2.05, 4.69) is 9.71 Å². The summed E-state index contributed by atoms with van der Waals surface area (Å²) in [5.41, 5.74) is 0.333. The third-order valence-electron chi connectivity index (χ3n) is 1.95. The van der Waals surface area contributed by atoms with Crippen molar-refractivity contribution < 1.29 is 12.8 Å². The van der Waals surface area contributed by atoms with Crippen LogP contribution in [0.2, 0.25) is 0 Å². The van der Waals surface area contributed by atoms with Crippen molar-refractivity contribution in [2.75, 3.05) is 7.05 Å². The lowest BCUT2D eigenvalue weighted by Gasteiger charge is -2.11. The normalized spacial score (nSPS) is 13.9. The van der Waals surface area contributed by atoms with E-state index in [1.54, 1.807) is 0 Å². The fourth-order valence-electron chi connectivity index (χ4n) is 1.01. The van der Waals surface area contributed by atoms with Crippen LogP contribution in [0.1, 0.15) is 17.7 Å². The van der Waals surface area contributed by atoms with Crippen molar-refractivity contribution in [3.63, 3.8) is 0 Å². The van der Waals surface area contributed by atoms with Gasteiger partial charge in [-0.25, -0.2) is 17.5 Å². The molecular weight excluding hydrogens is 207 g/mol. The van der Waals surface area contributed by atoms with Crippen LogP contribution in [0.4, 0.5) is 4.39 Å². The lowest BCUT2D eigenvalue weighted by Crippen LogP contribution is -2.24. The molecule has 0 aliphatic heterocycles. The molecule has 1 aromatic rings. The van der Waals surface area contributed by atoms with Crippen LogP contribution < -0.4 is 4.72 Å². The van der Waals surface area contributed by atoms with Crippen molar-refractivity contribution in [2.45, 2.75) is 12.2 Å². The van der Waals surface area contributed by atoms with Gasteiger partial charge in [-0.05, 0) is 25.6 Å². The minimum Gasteiger partial charge on any atom is -0.261 e.